The van der Waals surface area contributed by atoms with Gasteiger partial charge in [-0.3, -0.25) is 12.9 Å². The molecule has 0 saturated heterocycles. The average molecular weight is 396 g/mol. The minimum atomic E-state index is -3.67. The van der Waals surface area contributed by atoms with Crippen LogP contribution < -0.4 is 25.9 Å². The van der Waals surface area contributed by atoms with E-state index in [2.05, 4.69) is 62.4 Å². The van der Waals surface area contributed by atoms with Gasteiger partial charge in [-0.05, 0) is 49.2 Å². The fourth-order valence-corrected chi connectivity index (χ4v) is 4.24. The molecule has 0 fully saturated rings. The molecule has 0 saturated carbocycles. The highest BCUT2D eigenvalue weighted by atomic mass is 127. The van der Waals surface area contributed by atoms with Gasteiger partial charge in [-0.1, -0.05) is 24.3 Å². The Morgan fingerprint density at radius 1 is 0.800 bits per heavy atom. The molecule has 0 aliphatic carbocycles. The Morgan fingerprint density at radius 3 is 1.45 bits per heavy atom. The summed E-state index contributed by atoms with van der Waals surface area (Å²) < 4.78 is 32.0. The lowest BCUT2D eigenvalue weighted by molar-refractivity contribution is -0.597. The molecule has 0 amide bonds. The van der Waals surface area contributed by atoms with Crippen molar-refractivity contribution in [1.82, 2.24) is 0 Å². The van der Waals surface area contributed by atoms with Crippen LogP contribution in [-0.4, -0.2) is 7.54 Å². The molecule has 0 aliphatic heterocycles. The van der Waals surface area contributed by atoms with E-state index in [4.69, 9.17) is 0 Å². The van der Waals surface area contributed by atoms with Gasteiger partial charge in [-0.15, -0.1) is 0 Å². The van der Waals surface area contributed by atoms with Crippen LogP contribution in [0.3, 0.4) is 0 Å². The van der Waals surface area contributed by atoms with Crippen LogP contribution >= 0.6 is 0 Å². The minimum absolute atomic E-state index is 0. The Bertz CT molecular complexity index is 474. The molecule has 20 heavy (non-hydrogen) atoms. The number of hydrogen-bond acceptors (Lipinski definition) is 0. The third-order valence-electron chi connectivity index (χ3n) is 2.18. The number of hydrogen-bond donors (Lipinski definition) is 0. The fraction of sp³-hybridized carbons (Fsp3) is 0.143. The summed E-state index contributed by atoms with van der Waals surface area (Å²) in [4.78, 5) is 0. The van der Waals surface area contributed by atoms with Gasteiger partial charge in [0.2, 0.25) is 0 Å². The van der Waals surface area contributed by atoms with Crippen molar-refractivity contribution in [2.45, 2.75) is 13.8 Å². The lowest BCUT2D eigenvalue weighted by atomic mass is 10.2. The van der Waals surface area contributed by atoms with Gasteiger partial charge < -0.3 is 4.70 Å². The zero-order valence-electron chi connectivity index (χ0n) is 11.1. The Kier molecular flexibility index (Phi) is 9.28. The van der Waals surface area contributed by atoms with Crippen molar-refractivity contribution in [3.8, 4) is 0 Å². The zero-order chi connectivity index (χ0) is 14.3. The van der Waals surface area contributed by atoms with Crippen molar-refractivity contribution in [3.05, 3.63) is 66.8 Å². The van der Waals surface area contributed by atoms with Gasteiger partial charge in [0.15, 0.2) is 7.14 Å². The lowest BCUT2D eigenvalue weighted by Gasteiger charge is -1.91. The molecule has 0 bridgehead atoms. The fourth-order valence-electron chi connectivity index (χ4n) is 1.45. The first-order valence-electron chi connectivity index (χ1n) is 5.68. The van der Waals surface area contributed by atoms with Crippen LogP contribution in [0, 0.1) is 21.0 Å². The summed E-state index contributed by atoms with van der Waals surface area (Å²) in [5.41, 5.74) is 2.72. The molecule has 2 rings (SSSR count). The number of benzene rings is 2. The molecular formula is C14H14BF4I. The minimum Gasteiger partial charge on any atom is -1.00 e. The number of halogens is 5. The van der Waals surface area contributed by atoms with Crippen LogP contribution in [0.5, 0.6) is 0 Å². The van der Waals surface area contributed by atoms with Crippen molar-refractivity contribution in [2.75, 3.05) is 0 Å². The van der Waals surface area contributed by atoms with Crippen molar-refractivity contribution < 1.29 is 38.9 Å². The molecule has 0 unspecified atom stereocenters. The molecule has 0 aromatic heterocycles. The van der Waals surface area contributed by atoms with E-state index in [-0.39, 0.29) is 25.9 Å². The van der Waals surface area contributed by atoms with Crippen molar-refractivity contribution in [3.63, 3.8) is 0 Å². The first-order chi connectivity index (χ1) is 8.97. The maximum atomic E-state index is 9.67. The van der Waals surface area contributed by atoms with Gasteiger partial charge >= 0.3 is 28.7 Å². The van der Waals surface area contributed by atoms with Crippen LogP contribution in [-0.2, 0) is 0 Å². The molecule has 0 atom stereocenters. The summed E-state index contributed by atoms with van der Waals surface area (Å²) in [6, 6.07) is 17.7. The first kappa shape index (κ1) is 19.0. The van der Waals surface area contributed by atoms with Gasteiger partial charge in [0.25, 0.3) is 0 Å². The molecule has 0 radical (unpaired) electrons. The van der Waals surface area contributed by atoms with Crippen molar-refractivity contribution in [1.29, 1.82) is 0 Å². The summed E-state index contributed by atoms with van der Waals surface area (Å²) in [6.07, 6.45) is 0. The van der Waals surface area contributed by atoms with E-state index in [1.807, 2.05) is 0 Å². The molecule has 108 valence electrons. The molecule has 0 spiro atoms. The summed E-state index contributed by atoms with van der Waals surface area (Å²) in [6.45, 7) is 4.31. The summed E-state index contributed by atoms with van der Waals surface area (Å²) in [5, 5.41) is 0. The maximum Gasteiger partial charge on any atom is 0.762 e. The second-order valence-electron chi connectivity index (χ2n) is 3.94. The second-order valence-corrected chi connectivity index (χ2v) is 6.97. The van der Waals surface area contributed by atoms with E-state index < -0.39 is 7.54 Å². The number of rotatable bonds is 2. The quantitative estimate of drug-likeness (QED) is 0.323. The van der Waals surface area contributed by atoms with E-state index in [0.29, 0.717) is 0 Å². The molecule has 2 aromatic rings. The Balaban J connectivity index is 0.000000644. The monoisotopic (exact) mass is 396 g/mol. The third-order valence-corrected chi connectivity index (χ3v) is 4.77. The largest absolute Gasteiger partial charge is 1.00 e. The van der Waals surface area contributed by atoms with Crippen molar-refractivity contribution >= 4 is 7.54 Å². The smallest absolute Gasteiger partial charge is 0.762 e. The summed E-state index contributed by atoms with van der Waals surface area (Å²) in [5.74, 6) is 0. The van der Waals surface area contributed by atoms with Crippen LogP contribution in [0.4, 0.5) is 12.9 Å². The zero-order valence-corrected chi connectivity index (χ0v) is 13.2. The Hall–Kier alpha value is -1.05. The van der Waals surface area contributed by atoms with Crippen LogP contribution in [0.2, 0.25) is 0 Å². The highest BCUT2D eigenvalue weighted by molar-refractivity contribution is 6.33. The molecule has 0 aliphatic rings. The highest BCUT2D eigenvalue weighted by Gasteiger charge is 2.14. The van der Waals surface area contributed by atoms with Gasteiger partial charge in [0, 0.05) is 0 Å². The van der Waals surface area contributed by atoms with Crippen LogP contribution in [0.15, 0.2) is 48.5 Å². The molecule has 0 N–H and O–H groups in total. The second kappa shape index (κ2) is 9.80. The van der Waals surface area contributed by atoms with E-state index in [1.54, 1.807) is 0 Å². The van der Waals surface area contributed by atoms with E-state index in [1.165, 1.54) is 18.3 Å². The Labute approximate surface area is 127 Å². The normalized spacial score (nSPS) is 9.05. The molecule has 0 nitrogen and oxygen atoms in total. The topological polar surface area (TPSA) is 0 Å². The molecule has 6 heteroatoms. The summed E-state index contributed by atoms with van der Waals surface area (Å²) in [7, 11) is -3.67. The maximum absolute atomic E-state index is 9.67. The first-order valence-corrected chi connectivity index (χ1v) is 7.83. The predicted molar refractivity (Wildman–Crippen MR) is 68.8 cm³/mol. The molecular weight excluding hydrogens is 382 g/mol. The van der Waals surface area contributed by atoms with Crippen LogP contribution in [0.1, 0.15) is 11.1 Å². The van der Waals surface area contributed by atoms with E-state index in [9.17, 15) is 12.9 Å². The predicted octanol–water partition coefficient (Wildman–Crippen LogP) is -1.68. The lowest BCUT2D eigenvalue weighted by Crippen LogP contribution is -3.61. The van der Waals surface area contributed by atoms with Crippen LogP contribution in [0.25, 0.3) is 0 Å². The molecule has 2 aromatic carbocycles. The third kappa shape index (κ3) is 8.19. The standard InChI is InChI=1S/C14H14I.BF3.FH/c1-11-5-3-7-13(9-11)15-14-8-4-6-12(2)10-14;2-1(3)4;/h3-10H,1-2H3;;1H/q+1;;/p-1. The number of aryl methyl sites for hydroxylation is 2. The summed E-state index contributed by atoms with van der Waals surface area (Å²) >= 11 is -0.00484. The van der Waals surface area contributed by atoms with E-state index >= 15 is 0 Å². The van der Waals surface area contributed by atoms with Gasteiger partial charge in [0.1, 0.15) is 0 Å². The average Bonchev–Trinajstić information content (AvgIpc) is 2.28. The van der Waals surface area contributed by atoms with E-state index in [0.717, 1.165) is 0 Å². The SMILES string of the molecule is Cc1cccc([I+]c2cccc(C)c2)c1.FB(F)F.[F-]. The van der Waals surface area contributed by atoms with Crippen molar-refractivity contribution in [2.24, 2.45) is 0 Å². The highest BCUT2D eigenvalue weighted by Crippen LogP contribution is 1.96. The van der Waals surface area contributed by atoms with Gasteiger partial charge in [-0.2, -0.15) is 0 Å². The van der Waals surface area contributed by atoms with Gasteiger partial charge in [-0.25, -0.2) is 0 Å². The molecule has 0 heterocycles. The Morgan fingerprint density at radius 2 is 1.15 bits per heavy atom. The van der Waals surface area contributed by atoms with Gasteiger partial charge in [0.05, 0.1) is 0 Å².